The number of hydrogen-bond acceptors (Lipinski definition) is 4. The minimum Gasteiger partial charge on any atom is -0.494 e. The highest BCUT2D eigenvalue weighted by atomic mass is 19.1. The van der Waals surface area contributed by atoms with Crippen LogP contribution in [0.4, 0.5) is 4.39 Å². The van der Waals surface area contributed by atoms with Crippen LogP contribution in [0.2, 0.25) is 0 Å². The van der Waals surface area contributed by atoms with E-state index in [1.807, 2.05) is 32.9 Å². The van der Waals surface area contributed by atoms with Crippen molar-refractivity contribution in [1.29, 1.82) is 0 Å². The van der Waals surface area contributed by atoms with Gasteiger partial charge in [0.1, 0.15) is 5.58 Å². The van der Waals surface area contributed by atoms with Crippen LogP contribution >= 0.6 is 0 Å². The molecule has 5 heteroatoms. The summed E-state index contributed by atoms with van der Waals surface area (Å²) in [6, 6.07) is 10.5. The largest absolute Gasteiger partial charge is 0.494 e. The topological polar surface area (TPSA) is 42.7 Å². The Kier molecular flexibility index (Phi) is 5.61. The van der Waals surface area contributed by atoms with Gasteiger partial charge in [0, 0.05) is 24.5 Å². The predicted molar refractivity (Wildman–Crippen MR) is 105 cm³/mol. The third-order valence-electron chi connectivity index (χ3n) is 4.91. The molecule has 2 aromatic carbocycles. The molecule has 0 atom stereocenters. The summed E-state index contributed by atoms with van der Waals surface area (Å²) in [6.07, 6.45) is 0. The number of ether oxygens (including phenoxy) is 1. The highest BCUT2D eigenvalue weighted by Crippen LogP contribution is 2.24. The van der Waals surface area contributed by atoms with Crippen LogP contribution in [0.5, 0.6) is 5.75 Å². The second-order valence-electron chi connectivity index (χ2n) is 6.80. The van der Waals surface area contributed by atoms with E-state index in [-0.39, 0.29) is 17.2 Å². The summed E-state index contributed by atoms with van der Waals surface area (Å²) >= 11 is 0. The van der Waals surface area contributed by atoms with E-state index in [0.29, 0.717) is 18.7 Å². The lowest BCUT2D eigenvalue weighted by atomic mass is 10.0. The minimum atomic E-state index is -0.372. The quantitative estimate of drug-likeness (QED) is 0.597. The van der Waals surface area contributed by atoms with Gasteiger partial charge >= 0.3 is 5.63 Å². The summed E-state index contributed by atoms with van der Waals surface area (Å²) < 4.78 is 24.3. The van der Waals surface area contributed by atoms with E-state index in [9.17, 15) is 9.18 Å². The van der Waals surface area contributed by atoms with Gasteiger partial charge in [-0.25, -0.2) is 9.18 Å². The smallest absolute Gasteiger partial charge is 0.336 e. The Morgan fingerprint density at radius 1 is 1.07 bits per heavy atom. The van der Waals surface area contributed by atoms with E-state index < -0.39 is 0 Å². The lowest BCUT2D eigenvalue weighted by Crippen LogP contribution is -2.23. The third kappa shape index (κ3) is 4.19. The number of benzene rings is 2. The molecule has 0 aliphatic carbocycles. The SMILES string of the molecule is CCN(Cc1ccc(OC)c(F)c1)Cc1cc(=O)oc2cc(C)c(C)cc12. The maximum Gasteiger partial charge on any atom is 0.336 e. The van der Waals surface area contributed by atoms with Crippen molar-refractivity contribution in [2.75, 3.05) is 13.7 Å². The lowest BCUT2D eigenvalue weighted by Gasteiger charge is -2.21. The molecule has 27 heavy (non-hydrogen) atoms. The first-order valence-electron chi connectivity index (χ1n) is 9.00. The first-order chi connectivity index (χ1) is 12.9. The zero-order valence-corrected chi connectivity index (χ0v) is 16.1. The first-order valence-corrected chi connectivity index (χ1v) is 9.00. The van der Waals surface area contributed by atoms with Crippen LogP contribution in [0.25, 0.3) is 11.0 Å². The van der Waals surface area contributed by atoms with Crippen molar-refractivity contribution in [3.05, 3.63) is 74.9 Å². The molecule has 0 fully saturated rings. The fraction of sp³-hybridized carbons (Fsp3) is 0.318. The van der Waals surface area contributed by atoms with Gasteiger partial charge in [0.15, 0.2) is 11.6 Å². The summed E-state index contributed by atoms with van der Waals surface area (Å²) in [4.78, 5) is 14.2. The van der Waals surface area contributed by atoms with Gasteiger partial charge < -0.3 is 9.15 Å². The Hall–Kier alpha value is -2.66. The maximum absolute atomic E-state index is 14.0. The molecule has 0 saturated carbocycles. The van der Waals surface area contributed by atoms with Crippen molar-refractivity contribution in [1.82, 2.24) is 4.90 Å². The number of aryl methyl sites for hydroxylation is 2. The number of hydrogen-bond donors (Lipinski definition) is 0. The average molecular weight is 369 g/mol. The minimum absolute atomic E-state index is 0.235. The van der Waals surface area contributed by atoms with E-state index in [2.05, 4.69) is 11.0 Å². The number of methoxy groups -OCH3 is 1. The number of rotatable bonds is 6. The molecule has 1 aromatic heterocycles. The van der Waals surface area contributed by atoms with E-state index >= 15 is 0 Å². The summed E-state index contributed by atoms with van der Waals surface area (Å²) in [7, 11) is 1.45. The fourth-order valence-electron chi connectivity index (χ4n) is 3.20. The van der Waals surface area contributed by atoms with Crippen LogP contribution in [0.15, 0.2) is 45.6 Å². The van der Waals surface area contributed by atoms with Gasteiger partial charge in [-0.3, -0.25) is 4.90 Å². The van der Waals surface area contributed by atoms with Gasteiger partial charge in [-0.1, -0.05) is 13.0 Å². The number of halogens is 1. The summed E-state index contributed by atoms with van der Waals surface area (Å²) in [5, 5.41) is 0.942. The van der Waals surface area contributed by atoms with Gasteiger partial charge in [0.05, 0.1) is 7.11 Å². The first kappa shape index (κ1) is 19.1. The fourth-order valence-corrected chi connectivity index (χ4v) is 3.20. The molecule has 4 nitrogen and oxygen atoms in total. The molecule has 142 valence electrons. The molecule has 0 radical (unpaired) electrons. The molecule has 0 saturated heterocycles. The molecule has 0 unspecified atom stereocenters. The second-order valence-corrected chi connectivity index (χ2v) is 6.80. The van der Waals surface area contributed by atoms with Crippen molar-refractivity contribution in [2.24, 2.45) is 0 Å². The summed E-state index contributed by atoms with van der Waals surface area (Å²) in [5.74, 6) is -0.137. The maximum atomic E-state index is 14.0. The Balaban J connectivity index is 1.91. The lowest BCUT2D eigenvalue weighted by molar-refractivity contribution is 0.271. The van der Waals surface area contributed by atoms with Crippen molar-refractivity contribution < 1.29 is 13.5 Å². The van der Waals surface area contributed by atoms with Crippen molar-refractivity contribution >= 4 is 11.0 Å². The molecule has 3 rings (SSSR count). The van der Waals surface area contributed by atoms with Gasteiger partial charge in [-0.05, 0) is 66.9 Å². The molecular weight excluding hydrogens is 345 g/mol. The van der Waals surface area contributed by atoms with E-state index in [0.717, 1.165) is 34.2 Å². The van der Waals surface area contributed by atoms with Crippen LogP contribution in [0, 0.1) is 19.7 Å². The van der Waals surface area contributed by atoms with Crippen LogP contribution in [-0.4, -0.2) is 18.6 Å². The summed E-state index contributed by atoms with van der Waals surface area (Å²) in [6.45, 7) is 8.00. The molecule has 1 heterocycles. The predicted octanol–water partition coefficient (Wildman–Crippen LogP) is 4.58. The Morgan fingerprint density at radius 3 is 2.48 bits per heavy atom. The van der Waals surface area contributed by atoms with Crippen molar-refractivity contribution in [3.8, 4) is 5.75 Å². The molecule has 3 aromatic rings. The highest BCUT2D eigenvalue weighted by molar-refractivity contribution is 5.81. The second kappa shape index (κ2) is 7.92. The molecule has 0 spiro atoms. The van der Waals surface area contributed by atoms with Crippen LogP contribution in [0.1, 0.15) is 29.2 Å². The van der Waals surface area contributed by atoms with E-state index in [1.165, 1.54) is 13.2 Å². The van der Waals surface area contributed by atoms with Gasteiger partial charge in [0.2, 0.25) is 0 Å². The number of nitrogens with zero attached hydrogens (tertiary/aromatic N) is 1. The molecule has 0 aliphatic rings. The number of fused-ring (bicyclic) bond motifs is 1. The molecular formula is C22H24FNO3. The van der Waals surface area contributed by atoms with Gasteiger partial charge in [-0.15, -0.1) is 0 Å². The molecule has 0 bridgehead atoms. The monoisotopic (exact) mass is 369 g/mol. The van der Waals surface area contributed by atoms with Gasteiger partial charge in [-0.2, -0.15) is 0 Å². The normalized spacial score (nSPS) is 11.3. The summed E-state index contributed by atoms with van der Waals surface area (Å²) in [5.41, 5.74) is 4.26. The molecule has 0 aliphatic heterocycles. The Bertz CT molecular complexity index is 1030. The average Bonchev–Trinajstić information content (AvgIpc) is 2.63. The van der Waals surface area contributed by atoms with E-state index in [1.54, 1.807) is 12.1 Å². The zero-order valence-electron chi connectivity index (χ0n) is 16.1. The van der Waals surface area contributed by atoms with Crippen LogP contribution in [-0.2, 0) is 13.1 Å². The highest BCUT2D eigenvalue weighted by Gasteiger charge is 2.13. The molecule has 0 amide bonds. The zero-order chi connectivity index (χ0) is 19.6. The van der Waals surface area contributed by atoms with Crippen molar-refractivity contribution in [2.45, 2.75) is 33.9 Å². The van der Waals surface area contributed by atoms with Crippen LogP contribution in [0.3, 0.4) is 0 Å². The molecule has 0 N–H and O–H groups in total. The van der Waals surface area contributed by atoms with E-state index in [4.69, 9.17) is 9.15 Å². The van der Waals surface area contributed by atoms with Crippen molar-refractivity contribution in [3.63, 3.8) is 0 Å². The Morgan fingerprint density at radius 2 is 1.81 bits per heavy atom. The Labute approximate surface area is 158 Å². The van der Waals surface area contributed by atoms with Crippen LogP contribution < -0.4 is 10.4 Å². The standard InChI is InChI=1S/C22H24FNO3/c1-5-24(12-16-6-7-20(26-4)19(23)10-16)13-17-11-22(25)27-21-9-15(3)14(2)8-18(17)21/h6-11H,5,12-13H2,1-4H3. The van der Waals surface area contributed by atoms with Gasteiger partial charge in [0.25, 0.3) is 0 Å². The third-order valence-corrected chi connectivity index (χ3v) is 4.91.